The number of hydrogen-bond acceptors (Lipinski definition) is 5. The smallest absolute Gasteiger partial charge is 0.410 e. The summed E-state index contributed by atoms with van der Waals surface area (Å²) in [5.41, 5.74) is -0.772. The van der Waals surface area contributed by atoms with E-state index in [0.717, 1.165) is 12.0 Å². The molecule has 172 valence electrons. The van der Waals surface area contributed by atoms with Crippen LogP contribution in [0.2, 0.25) is 10.0 Å². The summed E-state index contributed by atoms with van der Waals surface area (Å²) in [7, 11) is 0. The number of benzene rings is 1. The third-order valence-electron chi connectivity index (χ3n) is 5.62. The fourth-order valence-corrected chi connectivity index (χ4v) is 4.47. The lowest BCUT2D eigenvalue weighted by Crippen LogP contribution is -2.57. The van der Waals surface area contributed by atoms with Gasteiger partial charge in [-0.15, -0.1) is 0 Å². The lowest BCUT2D eigenvalue weighted by atomic mass is 9.88. The number of morpholine rings is 1. The predicted molar refractivity (Wildman–Crippen MR) is 118 cm³/mol. The first kappa shape index (κ1) is 24.1. The van der Waals surface area contributed by atoms with E-state index in [1.165, 1.54) is 4.90 Å². The third kappa shape index (κ3) is 5.45. The number of aliphatic hydroxyl groups excluding tert-OH is 1. The minimum Gasteiger partial charge on any atom is -0.444 e. The zero-order valence-electron chi connectivity index (χ0n) is 18.2. The van der Waals surface area contributed by atoms with Crippen molar-refractivity contribution in [1.29, 1.82) is 0 Å². The average molecular weight is 473 g/mol. The van der Waals surface area contributed by atoms with Gasteiger partial charge < -0.3 is 19.5 Å². The zero-order valence-corrected chi connectivity index (χ0v) is 19.7. The molecule has 2 amide bonds. The van der Waals surface area contributed by atoms with Crippen molar-refractivity contribution in [2.45, 2.75) is 57.3 Å². The highest BCUT2D eigenvalue weighted by atomic mass is 35.5. The van der Waals surface area contributed by atoms with Gasteiger partial charge in [0.2, 0.25) is 5.91 Å². The molecular formula is C22H30Cl2N2O5. The van der Waals surface area contributed by atoms with Crippen molar-refractivity contribution in [3.63, 3.8) is 0 Å². The number of ether oxygens (including phenoxy) is 2. The summed E-state index contributed by atoms with van der Waals surface area (Å²) in [5.74, 6) is -0.131. The first-order valence-electron chi connectivity index (χ1n) is 10.5. The largest absolute Gasteiger partial charge is 0.444 e. The summed E-state index contributed by atoms with van der Waals surface area (Å²) in [6.07, 6.45) is 1.17. The van der Waals surface area contributed by atoms with Crippen molar-refractivity contribution in [3.05, 3.63) is 33.8 Å². The first-order chi connectivity index (χ1) is 14.6. The van der Waals surface area contributed by atoms with Gasteiger partial charge in [-0.2, -0.15) is 0 Å². The minimum absolute atomic E-state index is 0.115. The molecule has 2 fully saturated rings. The van der Waals surface area contributed by atoms with Crippen molar-refractivity contribution < 1.29 is 24.2 Å². The van der Waals surface area contributed by atoms with E-state index in [1.54, 1.807) is 43.9 Å². The van der Waals surface area contributed by atoms with Gasteiger partial charge in [-0.1, -0.05) is 29.3 Å². The van der Waals surface area contributed by atoms with Gasteiger partial charge in [0.05, 0.1) is 23.2 Å². The van der Waals surface area contributed by atoms with Crippen LogP contribution in [0.25, 0.3) is 0 Å². The molecule has 0 unspecified atom stereocenters. The Hall–Kier alpha value is -1.54. The Kier molecular flexibility index (Phi) is 7.41. The van der Waals surface area contributed by atoms with Crippen LogP contribution in [0.15, 0.2) is 18.2 Å². The van der Waals surface area contributed by atoms with E-state index in [-0.39, 0.29) is 19.1 Å². The Morgan fingerprint density at radius 2 is 2.00 bits per heavy atom. The number of rotatable bonds is 4. The summed E-state index contributed by atoms with van der Waals surface area (Å²) in [4.78, 5) is 29.3. The molecule has 0 spiro atoms. The van der Waals surface area contributed by atoms with Crippen LogP contribution in [-0.4, -0.2) is 71.4 Å². The minimum atomic E-state index is -0.897. The fourth-order valence-electron chi connectivity index (χ4n) is 4.18. The van der Waals surface area contributed by atoms with E-state index in [4.69, 9.17) is 32.7 Å². The standard InChI is InChI=1S/C22H30Cl2N2O5/c1-21(2,3)31-20(29)26-9-4-5-18(26)19(28)25-10-12-30-22(14-25,8-11-27)15-6-7-16(23)17(24)13-15/h6-7,13,18,27H,4-5,8-12,14H2,1-3H3/t18-,22-/m0/s1. The van der Waals surface area contributed by atoms with E-state index in [9.17, 15) is 14.7 Å². The maximum absolute atomic E-state index is 13.4. The molecule has 0 radical (unpaired) electrons. The number of hydrogen-bond donors (Lipinski definition) is 1. The predicted octanol–water partition coefficient (Wildman–Crippen LogP) is 3.83. The van der Waals surface area contributed by atoms with Gasteiger partial charge in [0.15, 0.2) is 0 Å². The Bertz CT molecular complexity index is 825. The molecule has 0 saturated carbocycles. The molecule has 0 aliphatic carbocycles. The zero-order chi connectivity index (χ0) is 22.8. The number of nitrogens with zero attached hydrogens (tertiary/aromatic N) is 2. The SMILES string of the molecule is CC(C)(C)OC(=O)N1CCC[C@H]1C(=O)N1CCO[C@](CCO)(c2ccc(Cl)c(Cl)c2)C1. The highest BCUT2D eigenvalue weighted by Crippen LogP contribution is 2.37. The summed E-state index contributed by atoms with van der Waals surface area (Å²) in [6.45, 7) is 6.76. The van der Waals surface area contributed by atoms with E-state index in [1.807, 2.05) is 0 Å². The van der Waals surface area contributed by atoms with Gasteiger partial charge in [0.1, 0.15) is 17.2 Å². The second-order valence-electron chi connectivity index (χ2n) is 9.04. The van der Waals surface area contributed by atoms with Crippen molar-refractivity contribution in [1.82, 2.24) is 9.80 Å². The lowest BCUT2D eigenvalue weighted by molar-refractivity contribution is -0.159. The highest BCUT2D eigenvalue weighted by Gasteiger charge is 2.44. The van der Waals surface area contributed by atoms with E-state index >= 15 is 0 Å². The summed E-state index contributed by atoms with van der Waals surface area (Å²) in [5, 5.41) is 10.5. The van der Waals surface area contributed by atoms with Gasteiger partial charge in [-0.3, -0.25) is 9.69 Å². The van der Waals surface area contributed by atoms with Crippen LogP contribution in [0.1, 0.15) is 45.6 Å². The lowest BCUT2D eigenvalue weighted by Gasteiger charge is -2.44. The fraction of sp³-hybridized carbons (Fsp3) is 0.636. The third-order valence-corrected chi connectivity index (χ3v) is 6.36. The van der Waals surface area contributed by atoms with Gasteiger partial charge in [0, 0.05) is 26.1 Å². The average Bonchev–Trinajstić information content (AvgIpc) is 3.18. The molecule has 0 aromatic heterocycles. The van der Waals surface area contributed by atoms with Crippen LogP contribution in [-0.2, 0) is 19.9 Å². The van der Waals surface area contributed by atoms with Crippen molar-refractivity contribution in [3.8, 4) is 0 Å². The van der Waals surface area contributed by atoms with E-state index in [0.29, 0.717) is 42.6 Å². The summed E-state index contributed by atoms with van der Waals surface area (Å²) >= 11 is 12.3. The summed E-state index contributed by atoms with van der Waals surface area (Å²) < 4.78 is 11.6. The molecule has 1 aromatic rings. The van der Waals surface area contributed by atoms with Gasteiger partial charge in [0.25, 0.3) is 0 Å². The summed E-state index contributed by atoms with van der Waals surface area (Å²) in [6, 6.07) is 4.65. The Morgan fingerprint density at radius 1 is 1.26 bits per heavy atom. The quantitative estimate of drug-likeness (QED) is 0.719. The van der Waals surface area contributed by atoms with Crippen LogP contribution >= 0.6 is 23.2 Å². The van der Waals surface area contributed by atoms with Crippen LogP contribution < -0.4 is 0 Å². The second kappa shape index (κ2) is 9.53. The number of halogens is 2. The number of aliphatic hydroxyl groups is 1. The van der Waals surface area contributed by atoms with Gasteiger partial charge in [-0.25, -0.2) is 4.79 Å². The normalized spacial score (nSPS) is 24.4. The molecule has 0 bridgehead atoms. The molecule has 7 nitrogen and oxygen atoms in total. The maximum Gasteiger partial charge on any atom is 0.410 e. The Labute approximate surface area is 193 Å². The van der Waals surface area contributed by atoms with E-state index in [2.05, 4.69) is 0 Å². The number of carbonyl (C=O) groups excluding carboxylic acids is 2. The molecule has 2 atom stereocenters. The van der Waals surface area contributed by atoms with Crippen molar-refractivity contribution >= 4 is 35.2 Å². The second-order valence-corrected chi connectivity index (χ2v) is 9.85. The van der Waals surface area contributed by atoms with Crippen LogP contribution in [0.4, 0.5) is 4.79 Å². The van der Waals surface area contributed by atoms with Crippen LogP contribution in [0.5, 0.6) is 0 Å². The molecular weight excluding hydrogens is 443 g/mol. The Balaban J connectivity index is 1.81. The molecule has 2 saturated heterocycles. The molecule has 2 aliphatic heterocycles. The molecule has 2 heterocycles. The van der Waals surface area contributed by atoms with Crippen molar-refractivity contribution in [2.75, 3.05) is 32.8 Å². The number of likely N-dealkylation sites (tertiary alicyclic amines) is 1. The Morgan fingerprint density at radius 3 is 2.65 bits per heavy atom. The number of amides is 2. The molecule has 9 heteroatoms. The first-order valence-corrected chi connectivity index (χ1v) is 11.3. The van der Waals surface area contributed by atoms with Gasteiger partial charge in [-0.05, 0) is 51.3 Å². The maximum atomic E-state index is 13.4. The molecule has 1 aromatic carbocycles. The van der Waals surface area contributed by atoms with Crippen LogP contribution in [0.3, 0.4) is 0 Å². The van der Waals surface area contributed by atoms with Crippen LogP contribution in [0, 0.1) is 0 Å². The molecule has 1 N–H and O–H groups in total. The monoisotopic (exact) mass is 472 g/mol. The topological polar surface area (TPSA) is 79.3 Å². The highest BCUT2D eigenvalue weighted by molar-refractivity contribution is 6.42. The van der Waals surface area contributed by atoms with Gasteiger partial charge >= 0.3 is 6.09 Å². The van der Waals surface area contributed by atoms with E-state index < -0.39 is 23.3 Å². The van der Waals surface area contributed by atoms with Crippen molar-refractivity contribution in [2.24, 2.45) is 0 Å². The number of carbonyl (C=O) groups is 2. The molecule has 2 aliphatic rings. The molecule has 31 heavy (non-hydrogen) atoms. The molecule has 3 rings (SSSR count).